The van der Waals surface area contributed by atoms with E-state index in [0.717, 1.165) is 31.6 Å². The van der Waals surface area contributed by atoms with Gasteiger partial charge in [-0.2, -0.15) is 0 Å². The number of carboxylic acids is 1. The molecular weight excluding hydrogens is 306 g/mol. The van der Waals surface area contributed by atoms with Crippen molar-refractivity contribution in [2.75, 3.05) is 13.1 Å². The molecule has 1 amide bonds. The average Bonchev–Trinajstić information content (AvgIpc) is 3.04. The minimum absolute atomic E-state index is 0.115. The van der Waals surface area contributed by atoms with E-state index in [0.29, 0.717) is 17.2 Å². The Balaban J connectivity index is 1.73. The standard InChI is InChI=1S/C18H19N3O3/c1-12(22)21-7-6-13(11-21)8-14-9-20-17(10-19-14)15-4-2-3-5-16(15)18(23)24/h2-5,9-10,13H,6-8,11H2,1H3,(H,23,24)/t13-/m1/s1. The first-order chi connectivity index (χ1) is 11.5. The minimum Gasteiger partial charge on any atom is -0.478 e. The molecule has 2 aromatic rings. The number of likely N-dealkylation sites (tertiary alicyclic amines) is 1. The van der Waals surface area contributed by atoms with Gasteiger partial charge in [0.15, 0.2) is 0 Å². The van der Waals surface area contributed by atoms with Gasteiger partial charge in [0, 0.05) is 31.8 Å². The van der Waals surface area contributed by atoms with E-state index < -0.39 is 5.97 Å². The van der Waals surface area contributed by atoms with Gasteiger partial charge in [0.2, 0.25) is 5.91 Å². The summed E-state index contributed by atoms with van der Waals surface area (Å²) in [6.07, 6.45) is 5.07. The first kappa shape index (κ1) is 16.1. The van der Waals surface area contributed by atoms with Crippen LogP contribution in [0, 0.1) is 5.92 Å². The minimum atomic E-state index is -0.980. The number of aromatic carboxylic acids is 1. The topological polar surface area (TPSA) is 83.4 Å². The monoisotopic (exact) mass is 325 g/mol. The summed E-state index contributed by atoms with van der Waals surface area (Å²) < 4.78 is 0. The van der Waals surface area contributed by atoms with Crippen LogP contribution in [0.1, 0.15) is 29.4 Å². The van der Waals surface area contributed by atoms with Gasteiger partial charge in [-0.05, 0) is 24.8 Å². The van der Waals surface area contributed by atoms with Gasteiger partial charge in [0.05, 0.1) is 23.1 Å². The van der Waals surface area contributed by atoms with E-state index in [-0.39, 0.29) is 11.5 Å². The zero-order chi connectivity index (χ0) is 17.1. The van der Waals surface area contributed by atoms with Gasteiger partial charge in [0.1, 0.15) is 0 Å². The zero-order valence-corrected chi connectivity index (χ0v) is 13.5. The Hall–Kier alpha value is -2.76. The van der Waals surface area contributed by atoms with E-state index >= 15 is 0 Å². The maximum Gasteiger partial charge on any atom is 0.336 e. The van der Waals surface area contributed by atoms with Crippen molar-refractivity contribution in [1.29, 1.82) is 0 Å². The number of carbonyl (C=O) groups excluding carboxylic acids is 1. The SMILES string of the molecule is CC(=O)N1CC[C@H](Cc2cnc(-c3ccccc3C(=O)O)cn2)C1. The molecule has 0 radical (unpaired) electrons. The second-order valence-corrected chi connectivity index (χ2v) is 6.07. The third-order valence-electron chi connectivity index (χ3n) is 4.37. The zero-order valence-electron chi connectivity index (χ0n) is 13.5. The van der Waals surface area contributed by atoms with Crippen LogP contribution in [0.3, 0.4) is 0 Å². The molecule has 0 bridgehead atoms. The van der Waals surface area contributed by atoms with E-state index in [1.54, 1.807) is 43.6 Å². The lowest BCUT2D eigenvalue weighted by molar-refractivity contribution is -0.127. The van der Waals surface area contributed by atoms with Crippen molar-refractivity contribution in [3.63, 3.8) is 0 Å². The van der Waals surface area contributed by atoms with Crippen LogP contribution >= 0.6 is 0 Å². The fourth-order valence-electron chi connectivity index (χ4n) is 3.07. The Bertz CT molecular complexity index is 758. The van der Waals surface area contributed by atoms with Crippen LogP contribution in [0.4, 0.5) is 0 Å². The van der Waals surface area contributed by atoms with E-state index in [4.69, 9.17) is 0 Å². The number of benzene rings is 1. The summed E-state index contributed by atoms with van der Waals surface area (Å²) in [6.45, 7) is 3.16. The van der Waals surface area contributed by atoms with Crippen LogP contribution in [0.25, 0.3) is 11.3 Å². The van der Waals surface area contributed by atoms with Gasteiger partial charge in [-0.25, -0.2) is 4.79 Å². The first-order valence-corrected chi connectivity index (χ1v) is 7.93. The molecule has 1 aliphatic heterocycles. The maximum atomic E-state index is 11.4. The van der Waals surface area contributed by atoms with Crippen LogP contribution in [-0.4, -0.2) is 44.9 Å². The van der Waals surface area contributed by atoms with Crippen molar-refractivity contribution in [2.45, 2.75) is 19.8 Å². The predicted molar refractivity (Wildman–Crippen MR) is 88.5 cm³/mol. The van der Waals surface area contributed by atoms with Gasteiger partial charge >= 0.3 is 5.97 Å². The highest BCUT2D eigenvalue weighted by Gasteiger charge is 2.24. The van der Waals surface area contributed by atoms with E-state index in [1.807, 2.05) is 4.90 Å². The van der Waals surface area contributed by atoms with Crippen molar-refractivity contribution in [1.82, 2.24) is 14.9 Å². The lowest BCUT2D eigenvalue weighted by Crippen LogP contribution is -2.26. The molecule has 1 saturated heterocycles. The molecule has 0 aliphatic carbocycles. The van der Waals surface area contributed by atoms with E-state index in [9.17, 15) is 14.7 Å². The van der Waals surface area contributed by atoms with Gasteiger partial charge < -0.3 is 10.0 Å². The quantitative estimate of drug-likeness (QED) is 0.932. The molecule has 1 atom stereocenters. The summed E-state index contributed by atoms with van der Waals surface area (Å²) in [7, 11) is 0. The Labute approximate surface area is 140 Å². The van der Waals surface area contributed by atoms with E-state index in [1.165, 1.54) is 0 Å². The number of rotatable bonds is 4. The molecule has 1 aliphatic rings. The summed E-state index contributed by atoms with van der Waals surface area (Å²) in [5, 5.41) is 9.26. The predicted octanol–water partition coefficient (Wildman–Crippen LogP) is 2.25. The van der Waals surface area contributed by atoms with Gasteiger partial charge in [0.25, 0.3) is 0 Å². The molecule has 1 aromatic carbocycles. The molecule has 6 heteroatoms. The summed E-state index contributed by atoms with van der Waals surface area (Å²) in [5.74, 6) is -0.462. The molecule has 2 heterocycles. The molecule has 1 fully saturated rings. The normalized spacial score (nSPS) is 17.0. The number of carbonyl (C=O) groups is 2. The second-order valence-electron chi connectivity index (χ2n) is 6.07. The molecule has 24 heavy (non-hydrogen) atoms. The molecule has 1 aromatic heterocycles. The number of hydrogen-bond donors (Lipinski definition) is 1. The highest BCUT2D eigenvalue weighted by Crippen LogP contribution is 2.23. The number of hydrogen-bond acceptors (Lipinski definition) is 4. The summed E-state index contributed by atoms with van der Waals surface area (Å²) in [5.41, 5.74) is 2.19. The van der Waals surface area contributed by atoms with Gasteiger partial charge in [-0.15, -0.1) is 0 Å². The smallest absolute Gasteiger partial charge is 0.336 e. The fraction of sp³-hybridized carbons (Fsp3) is 0.333. The van der Waals surface area contributed by atoms with Crippen LogP contribution < -0.4 is 0 Å². The number of carboxylic acid groups (broad SMARTS) is 1. The summed E-state index contributed by atoms with van der Waals surface area (Å²) in [4.78, 5) is 33.3. The number of amides is 1. The maximum absolute atomic E-state index is 11.4. The summed E-state index contributed by atoms with van der Waals surface area (Å²) in [6, 6.07) is 6.76. The Morgan fingerprint density at radius 1 is 1.25 bits per heavy atom. The van der Waals surface area contributed by atoms with Gasteiger partial charge in [-0.3, -0.25) is 14.8 Å². The van der Waals surface area contributed by atoms with Crippen LogP contribution in [0.2, 0.25) is 0 Å². The molecule has 124 valence electrons. The number of aromatic nitrogens is 2. The fourth-order valence-corrected chi connectivity index (χ4v) is 3.07. The molecule has 0 unspecified atom stereocenters. The molecule has 3 rings (SSSR count). The van der Waals surface area contributed by atoms with Crippen LogP contribution in [0.5, 0.6) is 0 Å². The Morgan fingerprint density at radius 2 is 2.04 bits per heavy atom. The van der Waals surface area contributed by atoms with Crippen molar-refractivity contribution in [2.24, 2.45) is 5.92 Å². The lowest BCUT2D eigenvalue weighted by atomic mass is 10.0. The largest absolute Gasteiger partial charge is 0.478 e. The molecule has 0 saturated carbocycles. The van der Waals surface area contributed by atoms with Crippen molar-refractivity contribution < 1.29 is 14.7 Å². The van der Waals surface area contributed by atoms with Crippen molar-refractivity contribution in [3.8, 4) is 11.3 Å². The summed E-state index contributed by atoms with van der Waals surface area (Å²) >= 11 is 0. The first-order valence-electron chi connectivity index (χ1n) is 7.93. The van der Waals surface area contributed by atoms with E-state index in [2.05, 4.69) is 9.97 Å². The lowest BCUT2D eigenvalue weighted by Gasteiger charge is -2.13. The third kappa shape index (κ3) is 3.42. The highest BCUT2D eigenvalue weighted by atomic mass is 16.4. The second kappa shape index (κ2) is 6.78. The number of nitrogens with zero attached hydrogens (tertiary/aromatic N) is 3. The Kier molecular flexibility index (Phi) is 4.55. The molecule has 6 nitrogen and oxygen atoms in total. The van der Waals surface area contributed by atoms with Gasteiger partial charge in [-0.1, -0.05) is 18.2 Å². The van der Waals surface area contributed by atoms with Crippen LogP contribution in [-0.2, 0) is 11.2 Å². The van der Waals surface area contributed by atoms with Crippen LogP contribution in [0.15, 0.2) is 36.7 Å². The molecular formula is C18H19N3O3. The van der Waals surface area contributed by atoms with Crippen molar-refractivity contribution >= 4 is 11.9 Å². The average molecular weight is 325 g/mol. The van der Waals surface area contributed by atoms with Crippen molar-refractivity contribution in [3.05, 3.63) is 47.9 Å². The Morgan fingerprint density at radius 3 is 2.67 bits per heavy atom. The highest BCUT2D eigenvalue weighted by molar-refractivity contribution is 5.95. The molecule has 0 spiro atoms. The molecule has 1 N–H and O–H groups in total. The third-order valence-corrected chi connectivity index (χ3v) is 4.37.